The molecule has 1 aliphatic rings. The highest BCUT2D eigenvalue weighted by Crippen LogP contribution is 2.33. The Bertz CT molecular complexity index is 1680. The van der Waals surface area contributed by atoms with Crippen molar-refractivity contribution < 1.29 is 17.9 Å². The van der Waals surface area contributed by atoms with Crippen LogP contribution in [0.3, 0.4) is 0 Å². The number of piperazine rings is 1. The van der Waals surface area contributed by atoms with E-state index in [1.54, 1.807) is 12.3 Å². The number of nitrogens with zero attached hydrogens (tertiary/aromatic N) is 5. The minimum absolute atomic E-state index is 0.0408. The summed E-state index contributed by atoms with van der Waals surface area (Å²) in [6.45, 7) is 11.1. The number of carbonyl (C=O) groups excluding carboxylic acids is 1. The number of sulfonamides is 1. The van der Waals surface area contributed by atoms with E-state index in [0.717, 1.165) is 49.6 Å². The highest BCUT2D eigenvalue weighted by molar-refractivity contribution is 7.91. The van der Waals surface area contributed by atoms with Gasteiger partial charge in [0.05, 0.1) is 17.6 Å². The van der Waals surface area contributed by atoms with Gasteiger partial charge in [-0.3, -0.25) is 14.7 Å². The molecule has 0 aliphatic carbocycles. The fraction of sp³-hybridized carbons (Fsp3) is 0.355. The summed E-state index contributed by atoms with van der Waals surface area (Å²) in [5.41, 5.74) is 3.37. The summed E-state index contributed by atoms with van der Waals surface area (Å²) in [7, 11) is -3.83. The van der Waals surface area contributed by atoms with Crippen LogP contribution >= 0.6 is 0 Å². The van der Waals surface area contributed by atoms with Gasteiger partial charge in [0, 0.05) is 44.5 Å². The molecular formula is C31H36N6O4S. The van der Waals surface area contributed by atoms with Crippen LogP contribution in [-0.4, -0.2) is 71.9 Å². The van der Waals surface area contributed by atoms with Gasteiger partial charge in [-0.2, -0.15) is 0 Å². The molecule has 11 heteroatoms. The number of nitrogens with one attached hydrogen (secondary N) is 1. The van der Waals surface area contributed by atoms with Gasteiger partial charge in [0.2, 0.25) is 10.0 Å². The molecule has 0 radical (unpaired) electrons. The minimum Gasteiger partial charge on any atom is -0.492 e. The molecule has 2 aromatic heterocycles. The van der Waals surface area contributed by atoms with E-state index in [-0.39, 0.29) is 5.69 Å². The van der Waals surface area contributed by atoms with Crippen molar-refractivity contribution in [3.05, 3.63) is 78.2 Å². The lowest BCUT2D eigenvalue weighted by molar-refractivity contribution is 0.0974. The molecule has 220 valence electrons. The Morgan fingerprint density at radius 2 is 1.69 bits per heavy atom. The SMILES string of the molecule is CCOc1cncc(-c2ccc(CN3CCN(c4ccc(C(=O)NS(=O)(=O)C(C)(C)C)nn4)CC3)c3ccccc23)c1. The zero-order valence-corrected chi connectivity index (χ0v) is 25.2. The summed E-state index contributed by atoms with van der Waals surface area (Å²) in [6, 6.07) is 18.1. The minimum atomic E-state index is -3.83. The summed E-state index contributed by atoms with van der Waals surface area (Å²) in [4.78, 5) is 21.3. The molecule has 5 rings (SSSR count). The summed E-state index contributed by atoms with van der Waals surface area (Å²) < 4.78 is 31.2. The van der Waals surface area contributed by atoms with Crippen molar-refractivity contribution in [1.82, 2.24) is 24.8 Å². The molecule has 4 aromatic rings. The molecule has 0 bridgehead atoms. The van der Waals surface area contributed by atoms with E-state index in [4.69, 9.17) is 4.74 Å². The first-order valence-electron chi connectivity index (χ1n) is 14.0. The van der Waals surface area contributed by atoms with E-state index in [0.29, 0.717) is 12.4 Å². The number of aromatic nitrogens is 3. The topological polar surface area (TPSA) is 118 Å². The fourth-order valence-electron chi connectivity index (χ4n) is 4.88. The maximum atomic E-state index is 12.4. The van der Waals surface area contributed by atoms with Gasteiger partial charge in [-0.25, -0.2) is 13.1 Å². The van der Waals surface area contributed by atoms with Crippen LogP contribution in [0.1, 0.15) is 43.7 Å². The number of anilines is 1. The van der Waals surface area contributed by atoms with E-state index in [2.05, 4.69) is 66.1 Å². The van der Waals surface area contributed by atoms with Crippen LogP contribution in [0.4, 0.5) is 5.82 Å². The van der Waals surface area contributed by atoms with E-state index in [9.17, 15) is 13.2 Å². The first-order valence-corrected chi connectivity index (χ1v) is 15.5. The number of amides is 1. The zero-order valence-electron chi connectivity index (χ0n) is 24.4. The smallest absolute Gasteiger partial charge is 0.285 e. The Labute approximate surface area is 246 Å². The monoisotopic (exact) mass is 588 g/mol. The molecule has 0 spiro atoms. The van der Waals surface area contributed by atoms with Crippen molar-refractivity contribution in [1.29, 1.82) is 0 Å². The second kappa shape index (κ2) is 12.0. The number of hydrogen-bond acceptors (Lipinski definition) is 9. The Morgan fingerprint density at radius 3 is 2.36 bits per heavy atom. The van der Waals surface area contributed by atoms with Crippen LogP contribution in [-0.2, 0) is 16.6 Å². The maximum absolute atomic E-state index is 12.4. The molecule has 3 heterocycles. The number of rotatable bonds is 8. The van der Waals surface area contributed by atoms with Gasteiger partial charge in [-0.05, 0) is 67.8 Å². The molecule has 1 N–H and O–H groups in total. The van der Waals surface area contributed by atoms with Crippen LogP contribution < -0.4 is 14.4 Å². The molecule has 0 unspecified atom stereocenters. The number of fused-ring (bicyclic) bond motifs is 1. The first-order chi connectivity index (χ1) is 20.1. The Balaban J connectivity index is 1.24. The molecule has 1 aliphatic heterocycles. The van der Waals surface area contributed by atoms with Crippen molar-refractivity contribution in [3.63, 3.8) is 0 Å². The van der Waals surface area contributed by atoms with E-state index in [1.807, 2.05) is 19.2 Å². The van der Waals surface area contributed by atoms with Crippen molar-refractivity contribution in [2.24, 2.45) is 0 Å². The zero-order chi connectivity index (χ0) is 29.9. The van der Waals surface area contributed by atoms with Gasteiger partial charge in [0.1, 0.15) is 5.75 Å². The summed E-state index contributed by atoms with van der Waals surface area (Å²) >= 11 is 0. The number of benzene rings is 2. The van der Waals surface area contributed by atoms with E-state index in [1.165, 1.54) is 43.2 Å². The third-order valence-corrected chi connectivity index (χ3v) is 9.42. The number of hydrogen-bond donors (Lipinski definition) is 1. The Hall–Kier alpha value is -4.09. The summed E-state index contributed by atoms with van der Waals surface area (Å²) in [6.07, 6.45) is 3.61. The number of ether oxygens (including phenoxy) is 1. The van der Waals surface area contributed by atoms with Crippen LogP contribution in [0.5, 0.6) is 5.75 Å². The maximum Gasteiger partial charge on any atom is 0.285 e. The van der Waals surface area contributed by atoms with Crippen LogP contribution in [0.2, 0.25) is 0 Å². The highest BCUT2D eigenvalue weighted by Gasteiger charge is 2.31. The van der Waals surface area contributed by atoms with Gasteiger partial charge in [0.15, 0.2) is 11.5 Å². The normalized spacial score (nSPS) is 14.6. The molecule has 2 aromatic carbocycles. The lowest BCUT2D eigenvalue weighted by Crippen LogP contribution is -2.46. The molecule has 1 fully saturated rings. The van der Waals surface area contributed by atoms with Gasteiger partial charge in [0.25, 0.3) is 5.91 Å². The van der Waals surface area contributed by atoms with Gasteiger partial charge in [-0.1, -0.05) is 36.4 Å². The van der Waals surface area contributed by atoms with Crippen molar-refractivity contribution in [2.75, 3.05) is 37.7 Å². The second-order valence-corrected chi connectivity index (χ2v) is 13.7. The van der Waals surface area contributed by atoms with Crippen molar-refractivity contribution in [2.45, 2.75) is 39.0 Å². The largest absolute Gasteiger partial charge is 0.492 e. The second-order valence-electron chi connectivity index (χ2n) is 11.2. The third kappa shape index (κ3) is 6.37. The average Bonchev–Trinajstić information content (AvgIpc) is 2.97. The molecule has 42 heavy (non-hydrogen) atoms. The quantitative estimate of drug-likeness (QED) is 0.322. The molecular weight excluding hydrogens is 552 g/mol. The van der Waals surface area contributed by atoms with Crippen LogP contribution in [0.15, 0.2) is 67.0 Å². The van der Waals surface area contributed by atoms with Crippen molar-refractivity contribution >= 4 is 32.5 Å². The van der Waals surface area contributed by atoms with Crippen molar-refractivity contribution in [3.8, 4) is 16.9 Å². The molecule has 1 saturated heterocycles. The van der Waals surface area contributed by atoms with E-state index < -0.39 is 20.7 Å². The molecule has 0 atom stereocenters. The van der Waals surface area contributed by atoms with Gasteiger partial charge >= 0.3 is 0 Å². The standard InChI is InChI=1S/C31H36N6O4S/c1-5-41-24-18-23(19-32-20-24)26-11-10-22(25-8-6-7-9-27(25)26)21-36-14-16-37(17-15-36)29-13-12-28(33-34-29)30(38)35-42(39,40)31(2,3)4/h6-13,18-20H,5,14-17,21H2,1-4H3,(H,35,38). The Morgan fingerprint density at radius 1 is 0.952 bits per heavy atom. The fourth-order valence-corrected chi connectivity index (χ4v) is 5.54. The van der Waals surface area contributed by atoms with E-state index >= 15 is 0 Å². The summed E-state index contributed by atoms with van der Waals surface area (Å²) in [5.74, 6) is 0.630. The van der Waals surface area contributed by atoms with Gasteiger partial charge in [-0.15, -0.1) is 10.2 Å². The predicted molar refractivity (Wildman–Crippen MR) is 164 cm³/mol. The summed E-state index contributed by atoms with van der Waals surface area (Å²) in [5, 5.41) is 10.6. The number of carbonyl (C=O) groups is 1. The first kappa shape index (κ1) is 29.4. The molecule has 10 nitrogen and oxygen atoms in total. The van der Waals surface area contributed by atoms with Gasteiger partial charge < -0.3 is 9.64 Å². The molecule has 0 saturated carbocycles. The third-order valence-electron chi connectivity index (χ3n) is 7.36. The lowest BCUT2D eigenvalue weighted by Gasteiger charge is -2.35. The lowest BCUT2D eigenvalue weighted by atomic mass is 9.95. The predicted octanol–water partition coefficient (Wildman–Crippen LogP) is 4.27. The highest BCUT2D eigenvalue weighted by atomic mass is 32.2. The Kier molecular flexibility index (Phi) is 8.42. The number of pyridine rings is 1. The van der Waals surface area contributed by atoms with Crippen LogP contribution in [0.25, 0.3) is 21.9 Å². The molecule has 1 amide bonds. The van der Waals surface area contributed by atoms with Crippen LogP contribution in [0, 0.1) is 0 Å². The average molecular weight is 589 g/mol.